The number of imide groups is 1. The first-order valence-electron chi connectivity index (χ1n) is 6.13. The maximum atomic E-state index is 12.0. The summed E-state index contributed by atoms with van der Waals surface area (Å²) in [5.41, 5.74) is -1.10. The van der Waals surface area contributed by atoms with Crippen LogP contribution in [-0.4, -0.2) is 46.5 Å². The van der Waals surface area contributed by atoms with Crippen LogP contribution in [0.4, 0.5) is 0 Å². The predicted molar refractivity (Wildman–Crippen MR) is 60.6 cm³/mol. The lowest BCUT2D eigenvalue weighted by Gasteiger charge is -2.35. The molecule has 3 atom stereocenters. The topological polar surface area (TPSA) is 83.9 Å². The molecule has 2 rings (SSSR count). The van der Waals surface area contributed by atoms with E-state index in [4.69, 9.17) is 4.74 Å². The second kappa shape index (κ2) is 4.35. The van der Waals surface area contributed by atoms with Crippen molar-refractivity contribution >= 4 is 17.8 Å². The zero-order chi connectivity index (χ0) is 13.5. The fourth-order valence-corrected chi connectivity index (χ4v) is 2.29. The number of amides is 2. The molecule has 2 fully saturated rings. The Morgan fingerprint density at radius 2 is 1.89 bits per heavy atom. The molecule has 0 aliphatic carbocycles. The molecular formula is C12H17NO5. The molecule has 2 saturated heterocycles. The number of carbonyl (C=O) groups is 3. The number of carbonyl (C=O) groups excluding carboxylic acids is 2. The summed E-state index contributed by atoms with van der Waals surface area (Å²) in [6, 6.07) is 0. The van der Waals surface area contributed by atoms with Gasteiger partial charge in [0.15, 0.2) is 0 Å². The van der Waals surface area contributed by atoms with Crippen LogP contribution in [0.1, 0.15) is 33.1 Å². The third kappa shape index (κ3) is 1.90. The standard InChI is InChI=1S/C12H17NO5/c1-3-12(2,11(16)17)6-13-9(14)7-4-5-8(18-7)10(13)15/h7-8H,3-6H2,1-2H3,(H,16,17). The van der Waals surface area contributed by atoms with E-state index in [0.29, 0.717) is 19.3 Å². The lowest BCUT2D eigenvalue weighted by molar-refractivity contribution is -0.172. The highest BCUT2D eigenvalue weighted by molar-refractivity contribution is 6.02. The highest BCUT2D eigenvalue weighted by Gasteiger charge is 2.49. The second-order valence-electron chi connectivity index (χ2n) is 5.17. The summed E-state index contributed by atoms with van der Waals surface area (Å²) in [4.78, 5) is 36.3. The molecule has 2 aliphatic rings. The zero-order valence-electron chi connectivity index (χ0n) is 10.5. The van der Waals surface area contributed by atoms with Gasteiger partial charge < -0.3 is 9.84 Å². The van der Waals surface area contributed by atoms with Gasteiger partial charge in [-0.05, 0) is 26.2 Å². The van der Waals surface area contributed by atoms with Crippen molar-refractivity contribution in [2.45, 2.75) is 45.3 Å². The minimum atomic E-state index is -1.10. The molecule has 0 radical (unpaired) electrons. The minimum Gasteiger partial charge on any atom is -0.481 e. The number of rotatable bonds is 4. The van der Waals surface area contributed by atoms with Gasteiger partial charge in [0.05, 0.1) is 5.41 Å². The summed E-state index contributed by atoms with van der Waals surface area (Å²) < 4.78 is 5.27. The van der Waals surface area contributed by atoms with Crippen molar-refractivity contribution in [3.63, 3.8) is 0 Å². The van der Waals surface area contributed by atoms with Crippen LogP contribution in [0.15, 0.2) is 0 Å². The Morgan fingerprint density at radius 1 is 1.39 bits per heavy atom. The van der Waals surface area contributed by atoms with Gasteiger partial charge in [0.1, 0.15) is 12.2 Å². The van der Waals surface area contributed by atoms with Crippen LogP contribution >= 0.6 is 0 Å². The lowest BCUT2D eigenvalue weighted by atomic mass is 9.86. The van der Waals surface area contributed by atoms with E-state index in [1.165, 1.54) is 0 Å². The number of hydrogen-bond donors (Lipinski definition) is 1. The van der Waals surface area contributed by atoms with E-state index in [-0.39, 0.29) is 6.54 Å². The van der Waals surface area contributed by atoms with E-state index < -0.39 is 35.4 Å². The van der Waals surface area contributed by atoms with E-state index in [1.807, 2.05) is 0 Å². The molecule has 0 aromatic carbocycles. The maximum absolute atomic E-state index is 12.0. The molecule has 1 N–H and O–H groups in total. The lowest BCUT2D eigenvalue weighted by Crippen LogP contribution is -2.55. The van der Waals surface area contributed by atoms with Crippen molar-refractivity contribution < 1.29 is 24.2 Å². The van der Waals surface area contributed by atoms with Crippen LogP contribution < -0.4 is 0 Å². The number of likely N-dealkylation sites (tertiary alicyclic amines) is 1. The molecule has 6 nitrogen and oxygen atoms in total. The van der Waals surface area contributed by atoms with Crippen LogP contribution in [-0.2, 0) is 19.1 Å². The number of carboxylic acid groups (broad SMARTS) is 1. The van der Waals surface area contributed by atoms with Gasteiger partial charge in [-0.25, -0.2) is 0 Å². The number of fused-ring (bicyclic) bond motifs is 2. The van der Waals surface area contributed by atoms with Crippen LogP contribution in [0, 0.1) is 5.41 Å². The van der Waals surface area contributed by atoms with Crippen molar-refractivity contribution in [3.05, 3.63) is 0 Å². The monoisotopic (exact) mass is 255 g/mol. The van der Waals surface area contributed by atoms with Crippen LogP contribution in [0.3, 0.4) is 0 Å². The molecule has 0 spiro atoms. The SMILES string of the molecule is CCC(C)(CN1C(=O)C2CCC(O2)C1=O)C(=O)O. The quantitative estimate of drug-likeness (QED) is 0.735. The normalized spacial score (nSPS) is 30.4. The summed E-state index contributed by atoms with van der Waals surface area (Å²) in [7, 11) is 0. The van der Waals surface area contributed by atoms with Gasteiger partial charge in [-0.2, -0.15) is 0 Å². The number of hydrogen-bond acceptors (Lipinski definition) is 4. The van der Waals surface area contributed by atoms with Crippen LogP contribution in [0.2, 0.25) is 0 Å². The van der Waals surface area contributed by atoms with Crippen molar-refractivity contribution in [1.29, 1.82) is 0 Å². The minimum absolute atomic E-state index is 0.0765. The Labute approximate surface area is 105 Å². The number of ether oxygens (including phenoxy) is 1. The van der Waals surface area contributed by atoms with E-state index in [0.717, 1.165) is 4.90 Å². The largest absolute Gasteiger partial charge is 0.481 e. The number of morpholine rings is 1. The molecule has 2 bridgehead atoms. The Bertz CT molecular complexity index is 385. The Morgan fingerprint density at radius 3 is 2.28 bits per heavy atom. The fraction of sp³-hybridized carbons (Fsp3) is 0.750. The number of carboxylic acids is 1. The van der Waals surface area contributed by atoms with Gasteiger partial charge in [0.25, 0.3) is 11.8 Å². The fourth-order valence-electron chi connectivity index (χ4n) is 2.29. The summed E-state index contributed by atoms with van der Waals surface area (Å²) >= 11 is 0. The first kappa shape index (κ1) is 13.0. The summed E-state index contributed by atoms with van der Waals surface area (Å²) in [5, 5.41) is 9.20. The molecule has 6 heteroatoms. The van der Waals surface area contributed by atoms with Gasteiger partial charge in [-0.1, -0.05) is 6.92 Å². The van der Waals surface area contributed by atoms with Crippen molar-refractivity contribution in [3.8, 4) is 0 Å². The summed E-state index contributed by atoms with van der Waals surface area (Å²) in [6.07, 6.45) is 0.309. The Kier molecular flexibility index (Phi) is 3.14. The Balaban J connectivity index is 2.20. The average molecular weight is 255 g/mol. The first-order valence-corrected chi connectivity index (χ1v) is 6.13. The molecule has 2 heterocycles. The molecule has 2 amide bonds. The molecule has 0 aromatic heterocycles. The third-order valence-corrected chi connectivity index (χ3v) is 3.91. The van der Waals surface area contributed by atoms with Crippen molar-refractivity contribution in [2.75, 3.05) is 6.54 Å². The van der Waals surface area contributed by atoms with Gasteiger partial charge in [-0.15, -0.1) is 0 Å². The molecule has 18 heavy (non-hydrogen) atoms. The van der Waals surface area contributed by atoms with E-state index in [2.05, 4.69) is 0 Å². The molecule has 2 aliphatic heterocycles. The number of nitrogens with zero attached hydrogens (tertiary/aromatic N) is 1. The molecule has 100 valence electrons. The zero-order valence-corrected chi connectivity index (χ0v) is 10.5. The predicted octanol–water partition coefficient (Wildman–Crippen LogP) is 0.404. The van der Waals surface area contributed by atoms with Gasteiger partial charge in [-0.3, -0.25) is 19.3 Å². The smallest absolute Gasteiger partial charge is 0.311 e. The second-order valence-corrected chi connectivity index (χ2v) is 5.17. The molecular weight excluding hydrogens is 238 g/mol. The van der Waals surface area contributed by atoms with Crippen LogP contribution in [0.25, 0.3) is 0 Å². The van der Waals surface area contributed by atoms with E-state index >= 15 is 0 Å². The van der Waals surface area contributed by atoms with E-state index in [9.17, 15) is 19.5 Å². The third-order valence-electron chi connectivity index (χ3n) is 3.91. The van der Waals surface area contributed by atoms with Crippen LogP contribution in [0.5, 0.6) is 0 Å². The van der Waals surface area contributed by atoms with Gasteiger partial charge in [0, 0.05) is 6.54 Å². The highest BCUT2D eigenvalue weighted by atomic mass is 16.5. The first-order chi connectivity index (χ1) is 8.39. The maximum Gasteiger partial charge on any atom is 0.311 e. The highest BCUT2D eigenvalue weighted by Crippen LogP contribution is 2.31. The molecule has 3 unspecified atom stereocenters. The van der Waals surface area contributed by atoms with E-state index in [1.54, 1.807) is 13.8 Å². The average Bonchev–Trinajstić information content (AvgIpc) is 2.79. The molecule has 0 aromatic rings. The summed E-state index contributed by atoms with van der Waals surface area (Å²) in [6.45, 7) is 3.21. The van der Waals surface area contributed by atoms with Crippen molar-refractivity contribution in [1.82, 2.24) is 4.90 Å². The Hall–Kier alpha value is -1.43. The van der Waals surface area contributed by atoms with Crippen molar-refractivity contribution in [2.24, 2.45) is 5.41 Å². The van der Waals surface area contributed by atoms with Gasteiger partial charge in [0.2, 0.25) is 0 Å². The van der Waals surface area contributed by atoms with Gasteiger partial charge >= 0.3 is 5.97 Å². The summed E-state index contributed by atoms with van der Waals surface area (Å²) in [5.74, 6) is -1.78. The molecule has 0 saturated carbocycles. The number of aliphatic carboxylic acids is 1.